The predicted octanol–water partition coefficient (Wildman–Crippen LogP) is 2.03. The Bertz CT molecular complexity index is 153. The predicted molar refractivity (Wildman–Crippen MR) is 68.3 cm³/mol. The van der Waals surface area contributed by atoms with Crippen LogP contribution in [0.25, 0.3) is 0 Å². The van der Waals surface area contributed by atoms with Crippen molar-refractivity contribution in [1.82, 2.24) is 0 Å². The number of hydrogen-bond donors (Lipinski definition) is 3. The third-order valence-corrected chi connectivity index (χ3v) is 2.22. The van der Waals surface area contributed by atoms with Crippen LogP contribution in [-0.2, 0) is 0 Å². The van der Waals surface area contributed by atoms with Gasteiger partial charge in [0, 0.05) is 6.61 Å². The molecule has 0 saturated carbocycles. The van der Waals surface area contributed by atoms with Gasteiger partial charge >= 0.3 is 0 Å². The van der Waals surface area contributed by atoms with Gasteiger partial charge in [0.25, 0.3) is 0 Å². The molecule has 96 valence electrons. The van der Waals surface area contributed by atoms with Crippen LogP contribution in [0.15, 0.2) is 25.3 Å². The van der Waals surface area contributed by atoms with Gasteiger partial charge in [0.05, 0.1) is 6.61 Å². The molecule has 0 aliphatic heterocycles. The molecule has 0 saturated heterocycles. The number of rotatable bonds is 8. The van der Waals surface area contributed by atoms with E-state index in [1.165, 1.54) is 37.8 Å². The Morgan fingerprint density at radius 3 is 1.75 bits per heavy atom. The molecule has 0 aliphatic rings. The summed E-state index contributed by atoms with van der Waals surface area (Å²) in [5.41, 5.74) is -1.29. The molecule has 0 heterocycles. The van der Waals surface area contributed by atoms with Crippen LogP contribution in [-0.4, -0.2) is 34.1 Å². The molecule has 0 aromatic heterocycles. The molecule has 0 aliphatic carbocycles. The van der Waals surface area contributed by atoms with Gasteiger partial charge in [0.1, 0.15) is 5.60 Å². The third-order valence-electron chi connectivity index (χ3n) is 2.22. The molecule has 0 rings (SSSR count). The Morgan fingerprint density at radius 2 is 1.50 bits per heavy atom. The molecular weight excluding hydrogens is 204 g/mol. The molecule has 0 amide bonds. The zero-order valence-electron chi connectivity index (χ0n) is 10.4. The van der Waals surface area contributed by atoms with E-state index in [4.69, 9.17) is 15.3 Å². The van der Waals surface area contributed by atoms with Gasteiger partial charge in [-0.05, 0) is 6.42 Å². The van der Waals surface area contributed by atoms with Crippen molar-refractivity contribution in [2.75, 3.05) is 13.2 Å². The molecule has 3 heteroatoms. The molecule has 0 aromatic carbocycles. The second-order valence-electron chi connectivity index (χ2n) is 3.70. The Balaban J connectivity index is 0. The average Bonchev–Trinajstić information content (AvgIpc) is 2.34. The maximum atomic E-state index is 8.95. The lowest BCUT2D eigenvalue weighted by molar-refractivity contribution is 0.0685. The van der Waals surface area contributed by atoms with Crippen molar-refractivity contribution >= 4 is 0 Å². The number of unbranched alkanes of at least 4 members (excludes halogenated alkanes) is 4. The Labute approximate surface area is 99.1 Å². The zero-order valence-corrected chi connectivity index (χ0v) is 10.4. The largest absolute Gasteiger partial charge is 0.396 e. The van der Waals surface area contributed by atoms with Gasteiger partial charge in [-0.25, -0.2) is 0 Å². The van der Waals surface area contributed by atoms with E-state index in [1.807, 2.05) is 0 Å². The van der Waals surface area contributed by atoms with E-state index in [-0.39, 0.29) is 6.61 Å². The summed E-state index contributed by atoms with van der Waals surface area (Å²) in [4.78, 5) is 0. The summed E-state index contributed by atoms with van der Waals surface area (Å²) in [6, 6.07) is 0. The number of aliphatic hydroxyl groups is 3. The van der Waals surface area contributed by atoms with Gasteiger partial charge in [0.15, 0.2) is 0 Å². The van der Waals surface area contributed by atoms with E-state index in [1.54, 1.807) is 0 Å². The number of hydrogen-bond acceptors (Lipinski definition) is 3. The summed E-state index contributed by atoms with van der Waals surface area (Å²) in [5.74, 6) is 0. The maximum absolute atomic E-state index is 8.95. The molecule has 16 heavy (non-hydrogen) atoms. The summed E-state index contributed by atoms with van der Waals surface area (Å²) in [6.45, 7) is 8.78. The highest BCUT2D eigenvalue weighted by Gasteiger charge is 2.14. The summed E-state index contributed by atoms with van der Waals surface area (Å²) in [7, 11) is 0. The third kappa shape index (κ3) is 11.4. The van der Waals surface area contributed by atoms with Crippen molar-refractivity contribution in [3.8, 4) is 0 Å². The van der Waals surface area contributed by atoms with E-state index in [9.17, 15) is 0 Å². The Morgan fingerprint density at radius 1 is 1.00 bits per heavy atom. The van der Waals surface area contributed by atoms with Crippen LogP contribution in [0.2, 0.25) is 0 Å². The minimum Gasteiger partial charge on any atom is -0.396 e. The lowest BCUT2D eigenvalue weighted by Gasteiger charge is -2.14. The summed E-state index contributed by atoms with van der Waals surface area (Å²) in [5, 5.41) is 25.7. The van der Waals surface area contributed by atoms with Crippen molar-refractivity contribution < 1.29 is 15.3 Å². The first-order valence-corrected chi connectivity index (χ1v) is 5.81. The Hall–Kier alpha value is -0.640. The van der Waals surface area contributed by atoms with Gasteiger partial charge in [-0.3, -0.25) is 0 Å². The van der Waals surface area contributed by atoms with E-state index < -0.39 is 5.60 Å². The van der Waals surface area contributed by atoms with Crippen molar-refractivity contribution in [1.29, 1.82) is 0 Å². The van der Waals surface area contributed by atoms with Crippen molar-refractivity contribution in [2.45, 2.75) is 44.6 Å². The number of aliphatic hydroxyl groups excluding tert-OH is 2. The highest BCUT2D eigenvalue weighted by molar-refractivity contribution is 5.07. The molecule has 0 atom stereocenters. The minimum atomic E-state index is -1.29. The van der Waals surface area contributed by atoms with Crippen LogP contribution in [0, 0.1) is 0 Å². The first kappa shape index (κ1) is 17.7. The molecule has 3 nitrogen and oxygen atoms in total. The SMILES string of the molecule is C=CC(O)(C=C)CO.CCCCCCCO. The van der Waals surface area contributed by atoms with Crippen LogP contribution in [0.3, 0.4) is 0 Å². The smallest absolute Gasteiger partial charge is 0.123 e. The molecular formula is C13H26O3. The highest BCUT2D eigenvalue weighted by Crippen LogP contribution is 2.03. The van der Waals surface area contributed by atoms with Crippen LogP contribution in [0.1, 0.15) is 39.0 Å². The summed E-state index contributed by atoms with van der Waals surface area (Å²) in [6.07, 6.45) is 8.55. The van der Waals surface area contributed by atoms with E-state index in [0.717, 1.165) is 6.42 Å². The normalized spacial score (nSPS) is 10.2. The lowest BCUT2D eigenvalue weighted by atomic mass is 10.1. The van der Waals surface area contributed by atoms with Crippen LogP contribution >= 0.6 is 0 Å². The molecule has 0 aromatic rings. The van der Waals surface area contributed by atoms with Crippen molar-refractivity contribution in [2.24, 2.45) is 0 Å². The quantitative estimate of drug-likeness (QED) is 0.442. The van der Waals surface area contributed by atoms with E-state index >= 15 is 0 Å². The van der Waals surface area contributed by atoms with Crippen LogP contribution in [0.5, 0.6) is 0 Å². The molecule has 3 N–H and O–H groups in total. The summed E-state index contributed by atoms with van der Waals surface area (Å²) >= 11 is 0. The molecule has 0 fully saturated rings. The maximum Gasteiger partial charge on any atom is 0.123 e. The molecule has 0 unspecified atom stereocenters. The van der Waals surface area contributed by atoms with Crippen molar-refractivity contribution in [3.05, 3.63) is 25.3 Å². The first-order valence-electron chi connectivity index (χ1n) is 5.81. The average molecular weight is 230 g/mol. The van der Waals surface area contributed by atoms with Crippen LogP contribution in [0.4, 0.5) is 0 Å². The van der Waals surface area contributed by atoms with Crippen molar-refractivity contribution in [3.63, 3.8) is 0 Å². The fourth-order valence-electron chi connectivity index (χ4n) is 0.928. The van der Waals surface area contributed by atoms with Gasteiger partial charge in [-0.15, -0.1) is 0 Å². The zero-order chi connectivity index (χ0) is 12.9. The second kappa shape index (κ2) is 12.4. The van der Waals surface area contributed by atoms with Gasteiger partial charge in [-0.2, -0.15) is 0 Å². The van der Waals surface area contributed by atoms with E-state index in [2.05, 4.69) is 20.1 Å². The molecule has 0 radical (unpaired) electrons. The molecule has 0 spiro atoms. The fourth-order valence-corrected chi connectivity index (χ4v) is 0.928. The van der Waals surface area contributed by atoms with Gasteiger partial charge in [0.2, 0.25) is 0 Å². The fraction of sp³-hybridized carbons (Fsp3) is 0.692. The summed E-state index contributed by atoms with van der Waals surface area (Å²) < 4.78 is 0. The van der Waals surface area contributed by atoms with Crippen LogP contribution < -0.4 is 0 Å². The Kier molecular flexibility index (Phi) is 13.8. The minimum absolute atomic E-state index is 0.361. The lowest BCUT2D eigenvalue weighted by Crippen LogP contribution is -2.26. The molecule has 0 bridgehead atoms. The first-order chi connectivity index (χ1) is 7.60. The second-order valence-corrected chi connectivity index (χ2v) is 3.70. The monoisotopic (exact) mass is 230 g/mol. The van der Waals surface area contributed by atoms with Gasteiger partial charge < -0.3 is 15.3 Å². The standard InChI is InChI=1S/C7H16O.C6H10O2/c1-2-3-4-5-6-7-8;1-3-6(8,4-2)5-7/h8H,2-7H2,1H3;3-4,7-8H,1-2,5H2. The highest BCUT2D eigenvalue weighted by atomic mass is 16.3. The van der Waals surface area contributed by atoms with E-state index in [0.29, 0.717) is 6.61 Å². The topological polar surface area (TPSA) is 60.7 Å². The van der Waals surface area contributed by atoms with Gasteiger partial charge in [-0.1, -0.05) is 57.9 Å².